The Labute approximate surface area is 543 Å². The molecule has 0 aliphatic heterocycles. The standard InChI is InChI=1S/C14H21NO2.C14H20.C13H15FN2.C12H17NO2.C10H12O2.5C3H8/c1-10(2)13-8-11(17-5)6-7-12(13)14(16)9-15(3)4;1-11(2)9-10-13-7-5-6-8-14(13)12(3)4;1-9(2)11-5-4-10(14)6-12(11)13-7-16(3)8-15-13;1-9(2)10-7-5-6-8-11(10)15-12(14)13(3)4;1-7(2)8-5-3-4-6-9(8)10(11)12;5*1-3-2/h6-8,10H,9H2,1-5H3;5-12H,1-4H3;4-9H,1-3H3;5-9H,1-4H3;3-7H,1-2H3,(H,11,12);5*3H2,1-2H3/b;10-9+;;;;;;;;. The molecule has 1 aromatic heterocycles. The number of para-hydroxylation sites is 1. The Hall–Kier alpha value is -6.85. The fraction of sp³-hybridized carbons (Fsp3) is 0.513. The number of aromatic carboxylic acids is 1. The highest BCUT2D eigenvalue weighted by molar-refractivity contribution is 5.99. The number of carbonyl (C=O) groups excluding carboxylic acids is 2. The number of likely N-dealkylation sites (N-methyl/N-ethyl adjacent to an activating group) is 1. The molecule has 1 N–H and O–H groups in total. The highest BCUT2D eigenvalue weighted by Crippen LogP contribution is 2.30. The third-order valence-electron chi connectivity index (χ3n) is 11.5. The Morgan fingerprint density at radius 1 is 0.562 bits per heavy atom. The lowest BCUT2D eigenvalue weighted by Crippen LogP contribution is -2.25. The molecule has 0 aliphatic rings. The van der Waals surface area contributed by atoms with Gasteiger partial charge in [-0.05, 0) is 125 Å². The Morgan fingerprint density at radius 3 is 1.42 bits per heavy atom. The van der Waals surface area contributed by atoms with E-state index in [9.17, 15) is 18.8 Å². The fourth-order valence-electron chi connectivity index (χ4n) is 7.49. The summed E-state index contributed by atoms with van der Waals surface area (Å²) in [4.78, 5) is 41.8. The van der Waals surface area contributed by atoms with Crippen LogP contribution in [-0.2, 0) is 7.05 Å². The second-order valence-corrected chi connectivity index (χ2v) is 24.0. The van der Waals surface area contributed by atoms with Crippen molar-refractivity contribution in [3.05, 3.63) is 178 Å². The first-order chi connectivity index (χ1) is 41.9. The number of aromatic nitrogens is 2. The van der Waals surface area contributed by atoms with Gasteiger partial charge in [-0.3, -0.25) is 4.79 Å². The van der Waals surface area contributed by atoms with Crippen molar-refractivity contribution in [3.8, 4) is 22.8 Å². The summed E-state index contributed by atoms with van der Waals surface area (Å²) in [5.74, 6) is 3.03. The normalized spacial score (nSPS) is 10.1. The van der Waals surface area contributed by atoms with Crippen LogP contribution in [0.25, 0.3) is 17.3 Å². The summed E-state index contributed by atoms with van der Waals surface area (Å²) in [6.07, 6.45) is 14.0. The predicted molar refractivity (Wildman–Crippen MR) is 385 cm³/mol. The van der Waals surface area contributed by atoms with Crippen molar-refractivity contribution < 1.29 is 33.4 Å². The second kappa shape index (κ2) is 53.0. The molecule has 0 aliphatic carbocycles. The number of allylic oxidation sites excluding steroid dienone is 1. The molecule has 0 saturated carbocycles. The van der Waals surface area contributed by atoms with Gasteiger partial charge < -0.3 is 28.9 Å². The van der Waals surface area contributed by atoms with Crippen molar-refractivity contribution >= 4 is 23.9 Å². The molecule has 11 heteroatoms. The first-order valence-electron chi connectivity index (χ1n) is 32.6. The lowest BCUT2D eigenvalue weighted by atomic mass is 9.94. The molecule has 0 fully saturated rings. The molecule has 89 heavy (non-hydrogen) atoms. The Kier molecular flexibility index (Phi) is 52.8. The fourth-order valence-corrected chi connectivity index (χ4v) is 7.49. The maximum Gasteiger partial charge on any atom is 0.414 e. The Bertz CT molecular complexity index is 2780. The average Bonchev–Trinajstić information content (AvgIpc) is 2.11. The van der Waals surface area contributed by atoms with Gasteiger partial charge in [0.05, 0.1) is 31.2 Å². The van der Waals surface area contributed by atoms with Crippen LogP contribution in [0.5, 0.6) is 11.5 Å². The van der Waals surface area contributed by atoms with E-state index in [-0.39, 0.29) is 23.6 Å². The molecule has 5 aromatic carbocycles. The van der Waals surface area contributed by atoms with Gasteiger partial charge in [0.25, 0.3) is 0 Å². The topological polar surface area (TPSA) is 114 Å². The number of halogens is 1. The number of carbonyl (C=O) groups is 3. The summed E-state index contributed by atoms with van der Waals surface area (Å²) < 4.78 is 25.6. The van der Waals surface area contributed by atoms with Crippen LogP contribution in [0.3, 0.4) is 0 Å². The smallest absolute Gasteiger partial charge is 0.414 e. The van der Waals surface area contributed by atoms with E-state index >= 15 is 0 Å². The molecule has 10 nitrogen and oxygen atoms in total. The van der Waals surface area contributed by atoms with Gasteiger partial charge in [0.1, 0.15) is 17.3 Å². The van der Waals surface area contributed by atoms with Crippen LogP contribution >= 0.6 is 0 Å². The van der Waals surface area contributed by atoms with Gasteiger partial charge in [-0.2, -0.15) is 0 Å². The van der Waals surface area contributed by atoms with Crippen LogP contribution in [0.4, 0.5) is 9.18 Å². The van der Waals surface area contributed by atoms with Gasteiger partial charge in [-0.25, -0.2) is 19.0 Å². The van der Waals surface area contributed by atoms with Crippen LogP contribution in [0.1, 0.15) is 268 Å². The van der Waals surface area contributed by atoms with Crippen LogP contribution in [0, 0.1) is 11.7 Å². The minimum atomic E-state index is -0.848. The number of carboxylic acids is 1. The zero-order valence-corrected chi connectivity index (χ0v) is 61.1. The maximum absolute atomic E-state index is 13.3. The summed E-state index contributed by atoms with van der Waals surface area (Å²) in [6.45, 7) is 47.1. The highest BCUT2D eigenvalue weighted by Gasteiger charge is 2.17. The van der Waals surface area contributed by atoms with Crippen molar-refractivity contribution in [3.63, 3.8) is 0 Å². The summed E-state index contributed by atoms with van der Waals surface area (Å²) in [5.41, 5.74) is 9.83. The summed E-state index contributed by atoms with van der Waals surface area (Å²) in [5, 5.41) is 8.81. The van der Waals surface area contributed by atoms with E-state index in [1.807, 2.05) is 111 Å². The molecule has 6 aromatic rings. The van der Waals surface area contributed by atoms with Gasteiger partial charge in [0.15, 0.2) is 5.78 Å². The molecule has 0 unspecified atom stereocenters. The second-order valence-electron chi connectivity index (χ2n) is 24.0. The summed E-state index contributed by atoms with van der Waals surface area (Å²) in [7, 11) is 10.7. The number of benzene rings is 5. The van der Waals surface area contributed by atoms with Crippen molar-refractivity contribution in [2.24, 2.45) is 13.0 Å². The number of Topliss-reactive ketones (excluding diaryl/α,β-unsaturated/α-hetero) is 1. The monoisotopic (exact) mass is 1230 g/mol. The van der Waals surface area contributed by atoms with Gasteiger partial charge >= 0.3 is 12.1 Å². The maximum atomic E-state index is 13.3. The first-order valence-corrected chi connectivity index (χ1v) is 32.6. The number of hydrogen-bond acceptors (Lipinski definition) is 7. The molecule has 0 bridgehead atoms. The number of rotatable bonds is 14. The van der Waals surface area contributed by atoms with E-state index < -0.39 is 5.97 Å². The minimum Gasteiger partial charge on any atom is -0.497 e. The van der Waals surface area contributed by atoms with E-state index in [0.717, 1.165) is 44.8 Å². The first kappa shape index (κ1) is 88.6. The summed E-state index contributed by atoms with van der Waals surface area (Å²) in [6, 6.07) is 33.9. The molecule has 1 heterocycles. The number of aryl methyl sites for hydroxylation is 1. The zero-order chi connectivity index (χ0) is 69.4. The third-order valence-corrected chi connectivity index (χ3v) is 11.5. The SMILES string of the molecule is CC(C)/C=C/c1ccccc1C(C)C.CC(C)c1ccc(F)cc1-c1cn(C)cn1.CC(C)c1ccccc1C(=O)O.CC(C)c1ccccc1OC(=O)N(C)C.CCC.CCC.CCC.CCC.CCC.COc1ccc(C(=O)CN(C)C)c(C(C)C)c1. The van der Waals surface area contributed by atoms with E-state index in [1.54, 1.807) is 45.7 Å². The van der Waals surface area contributed by atoms with Gasteiger partial charge in [-0.15, -0.1) is 0 Å². The molecule has 0 atom stereocenters. The lowest BCUT2D eigenvalue weighted by Gasteiger charge is -2.15. The van der Waals surface area contributed by atoms with Crippen molar-refractivity contribution in [2.45, 2.75) is 214 Å². The number of imidazole rings is 1. The molecule has 0 spiro atoms. The number of methoxy groups -OCH3 is 1. The molecular formula is C78H125FN4O6. The van der Waals surface area contributed by atoms with Crippen molar-refractivity contribution in [1.29, 1.82) is 0 Å². The highest BCUT2D eigenvalue weighted by atomic mass is 19.1. The molecule has 500 valence electrons. The van der Waals surface area contributed by atoms with Crippen LogP contribution in [0.2, 0.25) is 0 Å². The zero-order valence-electron chi connectivity index (χ0n) is 61.1. The van der Waals surface area contributed by atoms with Crippen LogP contribution in [-0.4, -0.2) is 84.1 Å². The van der Waals surface area contributed by atoms with Crippen molar-refractivity contribution in [1.82, 2.24) is 19.4 Å². The number of ketones is 1. The van der Waals surface area contributed by atoms with Gasteiger partial charge in [-0.1, -0.05) is 263 Å². The number of ether oxygens (including phenoxy) is 2. The van der Waals surface area contributed by atoms with E-state index in [0.29, 0.717) is 47.4 Å². The molecule has 0 radical (unpaired) electrons. The third kappa shape index (κ3) is 40.4. The van der Waals surface area contributed by atoms with Gasteiger partial charge in [0, 0.05) is 38.5 Å². The Morgan fingerprint density at radius 2 is 1.01 bits per heavy atom. The predicted octanol–water partition coefficient (Wildman–Crippen LogP) is 22.9. The molecular weight excluding hydrogens is 1110 g/mol. The number of carboxylic acid groups (broad SMARTS) is 1. The molecule has 1 amide bonds. The number of nitrogens with zero attached hydrogens (tertiary/aromatic N) is 4. The largest absolute Gasteiger partial charge is 0.497 e. The number of amides is 1. The van der Waals surface area contributed by atoms with Crippen LogP contribution in [0.15, 0.2) is 128 Å². The quantitative estimate of drug-likeness (QED) is 0.107. The Balaban J connectivity index is -0.000000480. The van der Waals surface area contributed by atoms with Gasteiger partial charge in [0.2, 0.25) is 0 Å². The average molecular weight is 1230 g/mol. The van der Waals surface area contributed by atoms with E-state index in [2.05, 4.69) is 180 Å². The minimum absolute atomic E-state index is 0.154. The van der Waals surface area contributed by atoms with Crippen LogP contribution < -0.4 is 9.47 Å². The number of hydrogen-bond donors (Lipinski definition) is 1. The lowest BCUT2D eigenvalue weighted by molar-refractivity contribution is 0.0694. The summed E-state index contributed by atoms with van der Waals surface area (Å²) >= 11 is 0. The van der Waals surface area contributed by atoms with Crippen molar-refractivity contribution in [2.75, 3.05) is 41.8 Å². The van der Waals surface area contributed by atoms with E-state index in [1.165, 1.54) is 54.2 Å². The van der Waals surface area contributed by atoms with E-state index in [4.69, 9.17) is 14.6 Å². The molecule has 0 saturated heterocycles. The molecule has 6 rings (SSSR count).